The van der Waals surface area contributed by atoms with Gasteiger partial charge in [0.1, 0.15) is 5.60 Å². The number of benzene rings is 2. The van der Waals surface area contributed by atoms with Crippen molar-refractivity contribution in [3.8, 4) is 0 Å². The number of piperidine rings is 1. The molecule has 0 radical (unpaired) electrons. The molecule has 2 aliphatic heterocycles. The number of nitrogens with zero attached hydrogens (tertiary/aromatic N) is 2. The highest BCUT2D eigenvalue weighted by Gasteiger charge is 2.43. The molecule has 2 heterocycles. The molecule has 0 bridgehead atoms. The maximum absolute atomic E-state index is 12.6. The Morgan fingerprint density at radius 3 is 2.32 bits per heavy atom. The summed E-state index contributed by atoms with van der Waals surface area (Å²) in [6.45, 7) is 10.6. The van der Waals surface area contributed by atoms with Gasteiger partial charge in [0.25, 0.3) is 0 Å². The van der Waals surface area contributed by atoms with Crippen LogP contribution in [0.25, 0.3) is 0 Å². The van der Waals surface area contributed by atoms with Crippen molar-refractivity contribution in [2.75, 3.05) is 13.1 Å². The first-order chi connectivity index (χ1) is 14.7. The van der Waals surface area contributed by atoms with Crippen LogP contribution in [-0.2, 0) is 16.8 Å². The molecule has 0 saturated carbocycles. The number of oxime groups is 1. The molecule has 1 saturated heterocycles. The van der Waals surface area contributed by atoms with Crippen LogP contribution in [-0.4, -0.2) is 35.3 Å². The number of urea groups is 1. The molecular weight excluding hydrogens is 386 g/mol. The van der Waals surface area contributed by atoms with Crippen LogP contribution in [0.3, 0.4) is 0 Å². The maximum Gasteiger partial charge on any atom is 0.317 e. The second-order valence-electron chi connectivity index (χ2n) is 9.95. The molecule has 5 nitrogen and oxygen atoms in total. The number of nitrogens with one attached hydrogen (secondary N) is 1. The highest BCUT2D eigenvalue weighted by atomic mass is 16.7. The fraction of sp³-hybridized carbons (Fsp3) is 0.462. The molecule has 2 amide bonds. The first kappa shape index (κ1) is 21.4. The summed E-state index contributed by atoms with van der Waals surface area (Å²) in [4.78, 5) is 20.4. The number of amides is 2. The molecule has 0 unspecified atom stereocenters. The first-order valence-corrected chi connectivity index (χ1v) is 11.2. The van der Waals surface area contributed by atoms with E-state index >= 15 is 0 Å². The third kappa shape index (κ3) is 4.92. The number of hydrogen-bond donors (Lipinski definition) is 1. The van der Waals surface area contributed by atoms with E-state index in [1.165, 1.54) is 11.1 Å². The molecule has 31 heavy (non-hydrogen) atoms. The van der Waals surface area contributed by atoms with Crippen LogP contribution in [0.2, 0.25) is 0 Å². The highest BCUT2D eigenvalue weighted by Crippen LogP contribution is 2.36. The Labute approximate surface area is 185 Å². The molecule has 1 spiro atoms. The van der Waals surface area contributed by atoms with Crippen LogP contribution in [0.15, 0.2) is 53.7 Å². The molecule has 0 aromatic heterocycles. The van der Waals surface area contributed by atoms with E-state index in [1.807, 2.05) is 4.90 Å². The topological polar surface area (TPSA) is 53.9 Å². The number of aryl methyl sites for hydroxylation is 1. The summed E-state index contributed by atoms with van der Waals surface area (Å²) in [5, 5.41) is 7.46. The van der Waals surface area contributed by atoms with Crippen LogP contribution < -0.4 is 5.32 Å². The van der Waals surface area contributed by atoms with Crippen LogP contribution in [0.5, 0.6) is 0 Å². The molecule has 164 valence electrons. The zero-order valence-corrected chi connectivity index (χ0v) is 19.1. The quantitative estimate of drug-likeness (QED) is 0.747. The summed E-state index contributed by atoms with van der Waals surface area (Å²) in [5.41, 5.74) is 5.66. The van der Waals surface area contributed by atoms with E-state index in [0.717, 1.165) is 36.1 Å². The molecule has 0 aliphatic carbocycles. The largest absolute Gasteiger partial charge is 0.388 e. The summed E-state index contributed by atoms with van der Waals surface area (Å²) >= 11 is 0. The van der Waals surface area contributed by atoms with Crippen molar-refractivity contribution >= 4 is 11.7 Å². The molecule has 1 fully saturated rings. The van der Waals surface area contributed by atoms with Gasteiger partial charge in [-0.25, -0.2) is 4.79 Å². The summed E-state index contributed by atoms with van der Waals surface area (Å²) < 4.78 is 0. The Balaban J connectivity index is 1.28. The monoisotopic (exact) mass is 419 g/mol. The van der Waals surface area contributed by atoms with Gasteiger partial charge in [-0.1, -0.05) is 80.0 Å². The smallest absolute Gasteiger partial charge is 0.317 e. The van der Waals surface area contributed by atoms with Gasteiger partial charge in [0.2, 0.25) is 0 Å². The van der Waals surface area contributed by atoms with E-state index < -0.39 is 0 Å². The minimum Gasteiger partial charge on any atom is -0.388 e. The Bertz CT molecular complexity index is 948. The van der Waals surface area contributed by atoms with Crippen LogP contribution in [0, 0.1) is 6.92 Å². The van der Waals surface area contributed by atoms with Gasteiger partial charge in [-0.15, -0.1) is 0 Å². The lowest BCUT2D eigenvalue weighted by atomic mass is 9.84. The Morgan fingerprint density at radius 1 is 1.06 bits per heavy atom. The van der Waals surface area contributed by atoms with Crippen LogP contribution >= 0.6 is 0 Å². The van der Waals surface area contributed by atoms with Crippen molar-refractivity contribution in [2.24, 2.45) is 5.16 Å². The average molecular weight is 420 g/mol. The Kier molecular flexibility index (Phi) is 5.78. The number of likely N-dealkylation sites (tertiary alicyclic amines) is 1. The van der Waals surface area contributed by atoms with Gasteiger partial charge in [-0.3, -0.25) is 0 Å². The predicted molar refractivity (Wildman–Crippen MR) is 124 cm³/mol. The van der Waals surface area contributed by atoms with Crippen molar-refractivity contribution in [1.82, 2.24) is 10.2 Å². The van der Waals surface area contributed by atoms with E-state index in [0.29, 0.717) is 19.6 Å². The summed E-state index contributed by atoms with van der Waals surface area (Å²) in [6.07, 6.45) is 2.41. The zero-order chi connectivity index (χ0) is 22.1. The van der Waals surface area contributed by atoms with E-state index in [4.69, 9.17) is 4.84 Å². The SMILES string of the molecule is Cc1ccc(CNC(=O)N2CCC3(CC2)CC(c2ccc(C(C)(C)C)cc2)=NO3)cc1. The molecule has 2 aromatic carbocycles. The molecule has 2 aromatic rings. The highest BCUT2D eigenvalue weighted by molar-refractivity contribution is 6.01. The van der Waals surface area contributed by atoms with Gasteiger partial charge in [0.05, 0.1) is 5.71 Å². The average Bonchev–Trinajstić information content (AvgIpc) is 3.16. The molecule has 1 N–H and O–H groups in total. The van der Waals surface area contributed by atoms with Gasteiger partial charge in [0, 0.05) is 38.9 Å². The summed E-state index contributed by atoms with van der Waals surface area (Å²) in [6, 6.07) is 16.9. The van der Waals surface area contributed by atoms with Gasteiger partial charge < -0.3 is 15.1 Å². The Hall–Kier alpha value is -2.82. The van der Waals surface area contributed by atoms with Crippen LogP contribution in [0.4, 0.5) is 4.79 Å². The molecular formula is C26H33N3O2. The van der Waals surface area contributed by atoms with Gasteiger partial charge >= 0.3 is 6.03 Å². The second-order valence-corrected chi connectivity index (χ2v) is 9.95. The lowest BCUT2D eigenvalue weighted by Gasteiger charge is -2.37. The fourth-order valence-electron chi connectivity index (χ4n) is 4.22. The lowest BCUT2D eigenvalue weighted by molar-refractivity contribution is -0.0550. The second kappa shape index (κ2) is 8.37. The molecule has 5 heteroatoms. The van der Waals surface area contributed by atoms with Crippen molar-refractivity contribution in [2.45, 2.75) is 64.5 Å². The van der Waals surface area contributed by atoms with Crippen molar-refractivity contribution in [1.29, 1.82) is 0 Å². The van der Waals surface area contributed by atoms with Crippen molar-refractivity contribution in [3.05, 3.63) is 70.8 Å². The molecule has 2 aliphatic rings. The van der Waals surface area contributed by atoms with Gasteiger partial charge in [-0.05, 0) is 29.0 Å². The standard InChI is InChI=1S/C26H33N3O2/c1-19-5-7-20(8-6-19)18-27-24(30)29-15-13-26(14-16-29)17-23(28-31-26)21-9-11-22(12-10-21)25(2,3)4/h5-12H,13-18H2,1-4H3,(H,27,30). The number of carbonyl (C=O) groups is 1. The number of carbonyl (C=O) groups excluding carboxylic acids is 1. The first-order valence-electron chi connectivity index (χ1n) is 11.2. The van der Waals surface area contributed by atoms with E-state index in [-0.39, 0.29) is 17.0 Å². The third-order valence-corrected chi connectivity index (χ3v) is 6.45. The van der Waals surface area contributed by atoms with Crippen molar-refractivity contribution < 1.29 is 9.63 Å². The van der Waals surface area contributed by atoms with E-state index in [2.05, 4.69) is 86.7 Å². The maximum atomic E-state index is 12.6. The number of hydrogen-bond acceptors (Lipinski definition) is 3. The molecule has 0 atom stereocenters. The zero-order valence-electron chi connectivity index (χ0n) is 19.1. The Morgan fingerprint density at radius 2 is 1.71 bits per heavy atom. The number of rotatable bonds is 3. The normalized spacial score (nSPS) is 17.9. The lowest BCUT2D eigenvalue weighted by Crippen LogP contribution is -2.49. The molecule has 4 rings (SSSR count). The van der Waals surface area contributed by atoms with E-state index in [9.17, 15) is 4.79 Å². The van der Waals surface area contributed by atoms with Gasteiger partial charge in [0.15, 0.2) is 0 Å². The minimum absolute atomic E-state index is 0.00710. The van der Waals surface area contributed by atoms with Crippen molar-refractivity contribution in [3.63, 3.8) is 0 Å². The fourth-order valence-corrected chi connectivity index (χ4v) is 4.22. The third-order valence-electron chi connectivity index (χ3n) is 6.45. The van der Waals surface area contributed by atoms with Crippen LogP contribution in [0.1, 0.15) is 62.3 Å². The summed E-state index contributed by atoms with van der Waals surface area (Å²) in [7, 11) is 0. The minimum atomic E-state index is -0.272. The van der Waals surface area contributed by atoms with Gasteiger partial charge in [-0.2, -0.15) is 0 Å². The predicted octanol–water partition coefficient (Wildman–Crippen LogP) is 5.16. The van der Waals surface area contributed by atoms with E-state index in [1.54, 1.807) is 0 Å². The summed E-state index contributed by atoms with van der Waals surface area (Å²) in [5.74, 6) is 0.